The molecule has 34 heavy (non-hydrogen) atoms. The molecule has 0 unspecified atom stereocenters. The zero-order chi connectivity index (χ0) is 25.6. The lowest BCUT2D eigenvalue weighted by atomic mass is 10.0. The van der Waals surface area contributed by atoms with Gasteiger partial charge in [-0.1, -0.05) is 89.7 Å². The molecule has 0 aliphatic rings. The second-order valence-corrected chi connectivity index (χ2v) is 10.7. The monoisotopic (exact) mass is 466 g/mol. The Morgan fingerprint density at radius 3 is 1.06 bits per heavy atom. The minimum atomic E-state index is 1.17. The summed E-state index contributed by atoms with van der Waals surface area (Å²) >= 11 is 0. The van der Waals surface area contributed by atoms with Crippen molar-refractivity contribution in [3.8, 4) is 0 Å². The minimum absolute atomic E-state index is 1.17. The first kappa shape index (κ1) is 32.4. The van der Waals surface area contributed by atoms with Crippen molar-refractivity contribution in [3.05, 3.63) is 69.9 Å². The van der Waals surface area contributed by atoms with E-state index in [-0.39, 0.29) is 0 Å². The zero-order valence-corrected chi connectivity index (χ0v) is 24.4. The Kier molecular flexibility index (Phi) is 20.9. The SMILES string of the molecule is CCCCC/C(C)=C/CC/C(C)=C/CC/C(C)=C/CC/C=C(\C)CC/C=C(\C)CCC=C(C)C. The number of rotatable bonds is 19. The fourth-order valence-electron chi connectivity index (χ4n) is 4.05. The Hall–Kier alpha value is -1.56. The molecule has 0 aromatic rings. The summed E-state index contributed by atoms with van der Waals surface area (Å²) in [7, 11) is 0. The molecule has 0 saturated heterocycles. The van der Waals surface area contributed by atoms with Gasteiger partial charge in [-0.2, -0.15) is 0 Å². The topological polar surface area (TPSA) is 0 Å². The highest BCUT2D eigenvalue weighted by atomic mass is 14.0. The van der Waals surface area contributed by atoms with Crippen LogP contribution in [0.15, 0.2) is 69.9 Å². The maximum absolute atomic E-state index is 2.46. The van der Waals surface area contributed by atoms with E-state index in [9.17, 15) is 0 Å². The summed E-state index contributed by atoms with van der Waals surface area (Å²) in [4.78, 5) is 0. The molecule has 0 heterocycles. The molecular formula is C34H58. The molecule has 0 aromatic heterocycles. The molecule has 0 spiro atoms. The lowest BCUT2D eigenvalue weighted by molar-refractivity contribution is 0.710. The van der Waals surface area contributed by atoms with Gasteiger partial charge >= 0.3 is 0 Å². The van der Waals surface area contributed by atoms with Crippen LogP contribution in [0.1, 0.15) is 145 Å². The van der Waals surface area contributed by atoms with E-state index in [1.807, 2.05) is 0 Å². The number of hydrogen-bond acceptors (Lipinski definition) is 0. The maximum Gasteiger partial charge on any atom is -0.0288 e. The molecule has 0 heteroatoms. The Balaban J connectivity index is 4.07. The van der Waals surface area contributed by atoms with Crippen LogP contribution in [0.3, 0.4) is 0 Å². The molecule has 0 N–H and O–H groups in total. The molecule has 0 amide bonds. The fraction of sp³-hybridized carbons (Fsp3) is 0.647. The van der Waals surface area contributed by atoms with Gasteiger partial charge in [-0.05, 0) is 126 Å². The normalized spacial score (nSPS) is 14.1. The Bertz CT molecular complexity index is 698. The van der Waals surface area contributed by atoms with Gasteiger partial charge in [0, 0.05) is 0 Å². The van der Waals surface area contributed by atoms with Crippen LogP contribution < -0.4 is 0 Å². The summed E-state index contributed by atoms with van der Waals surface area (Å²) in [6.07, 6.45) is 31.8. The second kappa shape index (κ2) is 21.9. The number of allylic oxidation sites excluding steroid dienone is 12. The molecule has 0 aromatic carbocycles. The van der Waals surface area contributed by atoms with Gasteiger partial charge in [-0.25, -0.2) is 0 Å². The summed E-state index contributed by atoms with van der Waals surface area (Å²) in [6, 6.07) is 0. The largest absolute Gasteiger partial charge is 0.0856 e. The molecule has 0 atom stereocenters. The first-order valence-corrected chi connectivity index (χ1v) is 14.2. The zero-order valence-electron chi connectivity index (χ0n) is 24.4. The summed E-state index contributed by atoms with van der Waals surface area (Å²) in [5.74, 6) is 0. The predicted molar refractivity (Wildman–Crippen MR) is 159 cm³/mol. The highest BCUT2D eigenvalue weighted by Crippen LogP contribution is 2.15. The summed E-state index contributed by atoms with van der Waals surface area (Å²) in [5, 5.41) is 0. The van der Waals surface area contributed by atoms with Gasteiger partial charge in [0.05, 0.1) is 0 Å². The summed E-state index contributed by atoms with van der Waals surface area (Å²) in [5.41, 5.74) is 9.15. The van der Waals surface area contributed by atoms with Crippen LogP contribution >= 0.6 is 0 Å². The van der Waals surface area contributed by atoms with Gasteiger partial charge in [-0.3, -0.25) is 0 Å². The summed E-state index contributed by atoms with van der Waals surface area (Å²) < 4.78 is 0. The highest BCUT2D eigenvalue weighted by molar-refractivity contribution is 5.08. The van der Waals surface area contributed by atoms with Crippen molar-refractivity contribution >= 4 is 0 Å². The van der Waals surface area contributed by atoms with Crippen LogP contribution in [0, 0.1) is 0 Å². The third-order valence-corrected chi connectivity index (χ3v) is 6.51. The van der Waals surface area contributed by atoms with Crippen LogP contribution in [0.5, 0.6) is 0 Å². The van der Waals surface area contributed by atoms with Crippen LogP contribution in [0.2, 0.25) is 0 Å². The van der Waals surface area contributed by atoms with Crippen molar-refractivity contribution in [1.82, 2.24) is 0 Å². The smallest absolute Gasteiger partial charge is 0.0288 e. The average Bonchev–Trinajstić information content (AvgIpc) is 2.76. The molecule has 0 radical (unpaired) electrons. The minimum Gasteiger partial charge on any atom is -0.0856 e. The molecule has 0 aliphatic heterocycles. The molecule has 0 fully saturated rings. The predicted octanol–water partition coefficient (Wildman–Crippen LogP) is 12.2. The van der Waals surface area contributed by atoms with E-state index in [0.717, 1.165) is 0 Å². The van der Waals surface area contributed by atoms with Gasteiger partial charge < -0.3 is 0 Å². The van der Waals surface area contributed by atoms with E-state index >= 15 is 0 Å². The highest BCUT2D eigenvalue weighted by Gasteiger charge is 1.95. The molecule has 0 nitrogen and oxygen atoms in total. The lowest BCUT2D eigenvalue weighted by Gasteiger charge is -2.03. The Morgan fingerprint density at radius 1 is 0.382 bits per heavy atom. The molecule has 194 valence electrons. The summed E-state index contributed by atoms with van der Waals surface area (Å²) in [6.45, 7) is 18.1. The van der Waals surface area contributed by atoms with Crippen LogP contribution in [-0.4, -0.2) is 0 Å². The van der Waals surface area contributed by atoms with E-state index in [4.69, 9.17) is 0 Å². The maximum atomic E-state index is 2.46. The van der Waals surface area contributed by atoms with E-state index in [0.29, 0.717) is 0 Å². The van der Waals surface area contributed by atoms with Crippen molar-refractivity contribution in [2.45, 2.75) is 145 Å². The fourth-order valence-corrected chi connectivity index (χ4v) is 4.05. The first-order valence-electron chi connectivity index (χ1n) is 14.2. The van der Waals surface area contributed by atoms with Gasteiger partial charge in [-0.15, -0.1) is 0 Å². The first-order chi connectivity index (χ1) is 16.2. The van der Waals surface area contributed by atoms with Crippen molar-refractivity contribution < 1.29 is 0 Å². The van der Waals surface area contributed by atoms with Gasteiger partial charge in [0.2, 0.25) is 0 Å². The van der Waals surface area contributed by atoms with Gasteiger partial charge in [0.1, 0.15) is 0 Å². The van der Waals surface area contributed by atoms with E-state index in [2.05, 4.69) is 91.8 Å². The van der Waals surface area contributed by atoms with Gasteiger partial charge in [0.25, 0.3) is 0 Å². The van der Waals surface area contributed by atoms with E-state index in [1.54, 1.807) is 11.1 Å². The third kappa shape index (κ3) is 22.2. The Morgan fingerprint density at radius 2 is 0.706 bits per heavy atom. The van der Waals surface area contributed by atoms with Crippen molar-refractivity contribution in [2.75, 3.05) is 0 Å². The number of unbranched alkanes of at least 4 members (excludes halogenated alkanes) is 3. The lowest BCUT2D eigenvalue weighted by Crippen LogP contribution is -1.83. The standard InChI is InChI=1S/C34H58/c1-9-10-11-19-30(4)23-15-27-34(8)28-17-25-32(6)21-13-12-20-31(5)24-16-26-33(7)22-14-18-29(2)3/h18,20-21,23,26,28H,9-17,19,22,24-25,27H2,1-8H3/b30-23+,31-20+,32-21+,33-26+,34-28+. The molecular weight excluding hydrogens is 408 g/mol. The third-order valence-electron chi connectivity index (χ3n) is 6.51. The second-order valence-electron chi connectivity index (χ2n) is 10.7. The van der Waals surface area contributed by atoms with Crippen LogP contribution in [0.25, 0.3) is 0 Å². The van der Waals surface area contributed by atoms with Crippen molar-refractivity contribution in [3.63, 3.8) is 0 Å². The molecule has 0 aliphatic carbocycles. The van der Waals surface area contributed by atoms with E-state index < -0.39 is 0 Å². The van der Waals surface area contributed by atoms with E-state index in [1.165, 1.54) is 112 Å². The quantitative estimate of drug-likeness (QED) is 0.131. The van der Waals surface area contributed by atoms with Crippen LogP contribution in [0.4, 0.5) is 0 Å². The van der Waals surface area contributed by atoms with Gasteiger partial charge in [0.15, 0.2) is 0 Å². The van der Waals surface area contributed by atoms with Crippen LogP contribution in [-0.2, 0) is 0 Å². The number of hydrogen-bond donors (Lipinski definition) is 0. The molecule has 0 bridgehead atoms. The average molecular weight is 467 g/mol. The molecule has 0 rings (SSSR count). The van der Waals surface area contributed by atoms with Crippen molar-refractivity contribution in [1.29, 1.82) is 0 Å². The Labute approximate surface area is 215 Å². The van der Waals surface area contributed by atoms with Crippen molar-refractivity contribution in [2.24, 2.45) is 0 Å². The molecule has 0 saturated carbocycles.